The summed E-state index contributed by atoms with van der Waals surface area (Å²) in [5, 5.41) is 24.2. The fourth-order valence-corrected chi connectivity index (χ4v) is 4.81. The number of imidazole rings is 1. The number of para-hydroxylation sites is 1. The zero-order valence-electron chi connectivity index (χ0n) is 21.8. The molecule has 0 saturated carbocycles. The van der Waals surface area contributed by atoms with Gasteiger partial charge in [-0.2, -0.15) is 5.21 Å². The van der Waals surface area contributed by atoms with Gasteiger partial charge in [0, 0.05) is 35.4 Å². The second-order valence-corrected chi connectivity index (χ2v) is 9.29. The number of carboxylic acids is 1. The number of nitrogens with one attached hydrogen (secondary N) is 1. The molecule has 0 amide bonds. The molecule has 0 fully saturated rings. The maximum atomic E-state index is 13.8. The normalized spacial score (nSPS) is 11.1. The predicted octanol–water partition coefficient (Wildman–Crippen LogP) is 4.53. The second-order valence-electron chi connectivity index (χ2n) is 9.29. The van der Waals surface area contributed by atoms with Crippen LogP contribution in [0, 0.1) is 0 Å². The standard InChI is InChI=1S/C29H29N7O3/c1-3-5-8-22-18-36(26-20(4-2)7-6-9-24(26)28(37)38)29(39)35(22)17-19-10-12-21(13-11-19)25-16-30-15-14-23(25)27-31-33-34-32-27/h6-7,9-16,18H,3-5,8,17H2,1-2H3,(H,37,38)(H,31,32,33,34). The van der Waals surface area contributed by atoms with Crippen molar-refractivity contribution < 1.29 is 9.90 Å². The van der Waals surface area contributed by atoms with E-state index in [0.29, 0.717) is 24.5 Å². The van der Waals surface area contributed by atoms with Crippen molar-refractivity contribution in [3.63, 3.8) is 0 Å². The van der Waals surface area contributed by atoms with Crippen LogP contribution in [0.5, 0.6) is 0 Å². The first-order valence-corrected chi connectivity index (χ1v) is 13.0. The van der Waals surface area contributed by atoms with Gasteiger partial charge in [-0.25, -0.2) is 9.59 Å². The van der Waals surface area contributed by atoms with Crippen molar-refractivity contribution in [3.05, 3.63) is 100.0 Å². The third-order valence-corrected chi connectivity index (χ3v) is 6.83. The number of aromatic nitrogens is 7. The van der Waals surface area contributed by atoms with Crippen LogP contribution < -0.4 is 5.69 Å². The molecule has 39 heavy (non-hydrogen) atoms. The highest BCUT2D eigenvalue weighted by Gasteiger charge is 2.20. The lowest BCUT2D eigenvalue weighted by atomic mass is 10.0. The van der Waals surface area contributed by atoms with Crippen molar-refractivity contribution in [3.8, 4) is 28.2 Å². The summed E-state index contributed by atoms with van der Waals surface area (Å²) in [6.45, 7) is 4.43. The molecule has 198 valence electrons. The lowest BCUT2D eigenvalue weighted by Crippen LogP contribution is -2.26. The number of tetrazole rings is 1. The summed E-state index contributed by atoms with van der Waals surface area (Å²) in [6, 6.07) is 14.9. The van der Waals surface area contributed by atoms with Gasteiger partial charge < -0.3 is 5.11 Å². The van der Waals surface area contributed by atoms with Crippen molar-refractivity contribution in [2.24, 2.45) is 0 Å². The molecular weight excluding hydrogens is 494 g/mol. The third kappa shape index (κ3) is 5.13. The number of hydrogen-bond donors (Lipinski definition) is 2. The maximum Gasteiger partial charge on any atom is 0.337 e. The average molecular weight is 524 g/mol. The van der Waals surface area contributed by atoms with Gasteiger partial charge in [0.25, 0.3) is 0 Å². The van der Waals surface area contributed by atoms with Crippen molar-refractivity contribution in [1.82, 2.24) is 34.7 Å². The Morgan fingerprint density at radius 3 is 2.56 bits per heavy atom. The van der Waals surface area contributed by atoms with Gasteiger partial charge in [-0.05, 0) is 53.3 Å². The quantitative estimate of drug-likeness (QED) is 0.275. The van der Waals surface area contributed by atoms with E-state index in [4.69, 9.17) is 0 Å². The van der Waals surface area contributed by atoms with E-state index < -0.39 is 5.97 Å². The van der Waals surface area contributed by atoms with E-state index >= 15 is 0 Å². The highest BCUT2D eigenvalue weighted by Crippen LogP contribution is 2.29. The smallest absolute Gasteiger partial charge is 0.337 e. The summed E-state index contributed by atoms with van der Waals surface area (Å²) in [5.74, 6) is -0.570. The molecule has 3 heterocycles. The molecule has 0 aliphatic heterocycles. The molecule has 0 spiro atoms. The SMILES string of the molecule is CCCCc1cn(-c2c(CC)cccc2C(=O)O)c(=O)n1Cc1ccc(-c2cnccc2-c2nn[nH]n2)cc1. The Labute approximate surface area is 225 Å². The minimum Gasteiger partial charge on any atom is -0.478 e. The number of nitrogens with zero attached hydrogens (tertiary/aromatic N) is 6. The van der Waals surface area contributed by atoms with Gasteiger partial charge in [0.2, 0.25) is 5.82 Å². The van der Waals surface area contributed by atoms with E-state index in [1.807, 2.05) is 43.3 Å². The number of hydrogen-bond acceptors (Lipinski definition) is 6. The maximum absolute atomic E-state index is 13.8. The molecule has 5 aromatic rings. The lowest BCUT2D eigenvalue weighted by Gasteiger charge is -2.12. The molecule has 0 atom stereocenters. The Morgan fingerprint density at radius 2 is 1.87 bits per heavy atom. The summed E-state index contributed by atoms with van der Waals surface area (Å²) < 4.78 is 3.26. The number of aromatic amines is 1. The molecule has 10 heteroatoms. The first-order valence-electron chi connectivity index (χ1n) is 13.0. The number of rotatable bonds is 10. The monoisotopic (exact) mass is 523 g/mol. The molecule has 0 unspecified atom stereocenters. The number of aryl methyl sites for hydroxylation is 2. The molecule has 3 aromatic heterocycles. The van der Waals surface area contributed by atoms with E-state index in [-0.39, 0.29) is 11.3 Å². The van der Waals surface area contributed by atoms with Gasteiger partial charge in [-0.15, -0.1) is 10.2 Å². The van der Waals surface area contributed by atoms with Crippen molar-refractivity contribution in [2.45, 2.75) is 46.1 Å². The van der Waals surface area contributed by atoms with E-state index in [9.17, 15) is 14.7 Å². The fraction of sp³-hybridized carbons (Fsp3) is 0.241. The molecule has 0 bridgehead atoms. The number of carboxylic acid groups (broad SMARTS) is 1. The van der Waals surface area contributed by atoms with E-state index in [1.165, 1.54) is 4.57 Å². The number of aromatic carboxylic acids is 1. The summed E-state index contributed by atoms with van der Waals surface area (Å²) in [7, 11) is 0. The molecule has 0 radical (unpaired) electrons. The number of H-pyrrole nitrogens is 1. The van der Waals surface area contributed by atoms with Gasteiger partial charge >= 0.3 is 11.7 Å². The van der Waals surface area contributed by atoms with Crippen LogP contribution in [-0.2, 0) is 19.4 Å². The zero-order valence-corrected chi connectivity index (χ0v) is 21.8. The van der Waals surface area contributed by atoms with Gasteiger partial charge in [-0.1, -0.05) is 56.7 Å². The largest absolute Gasteiger partial charge is 0.478 e. The fourth-order valence-electron chi connectivity index (χ4n) is 4.81. The lowest BCUT2D eigenvalue weighted by molar-refractivity contribution is 0.0696. The minimum absolute atomic E-state index is 0.119. The van der Waals surface area contributed by atoms with Gasteiger partial charge in [0.05, 0.1) is 17.8 Å². The van der Waals surface area contributed by atoms with Crippen LogP contribution in [0.2, 0.25) is 0 Å². The minimum atomic E-state index is -1.05. The highest BCUT2D eigenvalue weighted by atomic mass is 16.4. The first kappa shape index (κ1) is 25.8. The molecule has 0 saturated heterocycles. The van der Waals surface area contributed by atoms with Gasteiger partial charge in [-0.3, -0.25) is 14.1 Å². The van der Waals surface area contributed by atoms with Crippen LogP contribution in [0.15, 0.2) is 71.9 Å². The Balaban J connectivity index is 1.53. The summed E-state index contributed by atoms with van der Waals surface area (Å²) >= 11 is 0. The topological polar surface area (TPSA) is 132 Å². The average Bonchev–Trinajstić information content (AvgIpc) is 3.61. The predicted molar refractivity (Wildman–Crippen MR) is 147 cm³/mol. The van der Waals surface area contributed by atoms with Crippen LogP contribution in [0.25, 0.3) is 28.2 Å². The van der Waals surface area contributed by atoms with E-state index in [0.717, 1.165) is 52.8 Å². The molecular formula is C29H29N7O3. The summed E-state index contributed by atoms with van der Waals surface area (Å²) in [6.07, 6.45) is 8.49. The Bertz CT molecular complexity index is 1650. The number of carbonyl (C=O) groups is 1. The number of pyridine rings is 1. The highest BCUT2D eigenvalue weighted by molar-refractivity contribution is 5.92. The van der Waals surface area contributed by atoms with Crippen LogP contribution in [0.4, 0.5) is 0 Å². The third-order valence-electron chi connectivity index (χ3n) is 6.83. The molecule has 0 aliphatic rings. The zero-order chi connectivity index (χ0) is 27.4. The summed E-state index contributed by atoms with van der Waals surface area (Å²) in [5.41, 5.74) is 5.56. The molecule has 2 aromatic carbocycles. The van der Waals surface area contributed by atoms with Crippen molar-refractivity contribution in [2.75, 3.05) is 0 Å². The van der Waals surface area contributed by atoms with Gasteiger partial charge in [0.15, 0.2) is 0 Å². The van der Waals surface area contributed by atoms with E-state index in [2.05, 4.69) is 32.5 Å². The van der Waals surface area contributed by atoms with Crippen molar-refractivity contribution in [1.29, 1.82) is 0 Å². The summed E-state index contributed by atoms with van der Waals surface area (Å²) in [4.78, 5) is 30.1. The van der Waals surface area contributed by atoms with Gasteiger partial charge in [0.1, 0.15) is 0 Å². The van der Waals surface area contributed by atoms with E-state index in [1.54, 1.807) is 35.3 Å². The van der Waals surface area contributed by atoms with Crippen LogP contribution in [0.1, 0.15) is 53.9 Å². The van der Waals surface area contributed by atoms with Crippen LogP contribution in [-0.4, -0.2) is 45.8 Å². The molecule has 5 rings (SSSR count). The Kier molecular flexibility index (Phi) is 7.44. The number of unbranched alkanes of at least 4 members (excludes halogenated alkanes) is 1. The Morgan fingerprint density at radius 1 is 1.05 bits per heavy atom. The second kappa shape index (κ2) is 11.3. The first-order chi connectivity index (χ1) is 19.0. The molecule has 0 aliphatic carbocycles. The Hall–Kier alpha value is -4.86. The number of benzene rings is 2. The van der Waals surface area contributed by atoms with Crippen LogP contribution >= 0.6 is 0 Å². The molecule has 10 nitrogen and oxygen atoms in total. The van der Waals surface area contributed by atoms with Crippen LogP contribution in [0.3, 0.4) is 0 Å². The molecule has 2 N–H and O–H groups in total. The van der Waals surface area contributed by atoms with Crippen molar-refractivity contribution >= 4 is 5.97 Å².